The summed E-state index contributed by atoms with van der Waals surface area (Å²) in [6.45, 7) is 10.4. The van der Waals surface area contributed by atoms with Gasteiger partial charge < -0.3 is 4.74 Å². The minimum Gasteiger partial charge on any atom is -0.490 e. The molecule has 146 valence electrons. The van der Waals surface area contributed by atoms with Crippen molar-refractivity contribution < 1.29 is 4.74 Å². The van der Waals surface area contributed by atoms with E-state index in [4.69, 9.17) is 9.72 Å². The number of hydrazone groups is 1. The highest BCUT2D eigenvalue weighted by Crippen LogP contribution is 2.31. The Bertz CT molecular complexity index is 988. The number of thiazole rings is 1. The first-order valence-electron chi connectivity index (χ1n) is 9.12. The third-order valence-electron chi connectivity index (χ3n) is 4.13. The summed E-state index contributed by atoms with van der Waals surface area (Å²) in [7, 11) is 0. The van der Waals surface area contributed by atoms with Crippen molar-refractivity contribution in [2.45, 2.75) is 40.7 Å². The maximum atomic E-state index is 5.73. The van der Waals surface area contributed by atoms with E-state index in [-0.39, 0.29) is 6.10 Å². The van der Waals surface area contributed by atoms with Crippen LogP contribution in [0.25, 0.3) is 11.3 Å². The Labute approximate surface area is 178 Å². The van der Waals surface area contributed by atoms with Crippen molar-refractivity contribution in [3.63, 3.8) is 0 Å². The van der Waals surface area contributed by atoms with Gasteiger partial charge in [0.05, 0.1) is 22.5 Å². The van der Waals surface area contributed by atoms with Crippen LogP contribution in [0.2, 0.25) is 0 Å². The summed E-state index contributed by atoms with van der Waals surface area (Å²) in [5, 5.41) is 7.16. The van der Waals surface area contributed by atoms with E-state index in [0.29, 0.717) is 0 Å². The van der Waals surface area contributed by atoms with Gasteiger partial charge in [-0.2, -0.15) is 5.10 Å². The first-order valence-corrected chi connectivity index (χ1v) is 10.8. The van der Waals surface area contributed by atoms with Crippen molar-refractivity contribution in [2.75, 3.05) is 5.43 Å². The second kappa shape index (κ2) is 8.88. The molecule has 2 aromatic carbocycles. The number of aryl methyl sites for hydroxylation is 3. The van der Waals surface area contributed by atoms with Crippen LogP contribution in [-0.2, 0) is 0 Å². The molecule has 1 heterocycles. The molecule has 1 aromatic heterocycles. The van der Waals surface area contributed by atoms with E-state index in [0.717, 1.165) is 26.6 Å². The maximum Gasteiger partial charge on any atom is 0.203 e. The first-order chi connectivity index (χ1) is 13.3. The average Bonchev–Trinajstić information content (AvgIpc) is 3.04. The molecular weight excluding hydrogens is 434 g/mol. The summed E-state index contributed by atoms with van der Waals surface area (Å²) < 4.78 is 6.64. The molecule has 3 aromatic rings. The zero-order valence-electron chi connectivity index (χ0n) is 16.7. The monoisotopic (exact) mass is 457 g/mol. The molecule has 0 amide bonds. The van der Waals surface area contributed by atoms with Crippen LogP contribution in [-0.4, -0.2) is 17.3 Å². The molecule has 0 aliphatic rings. The van der Waals surface area contributed by atoms with Gasteiger partial charge in [0, 0.05) is 10.9 Å². The highest BCUT2D eigenvalue weighted by Gasteiger charge is 2.10. The van der Waals surface area contributed by atoms with Crippen LogP contribution in [0.4, 0.5) is 5.13 Å². The van der Waals surface area contributed by atoms with Crippen molar-refractivity contribution in [1.82, 2.24) is 4.98 Å². The Morgan fingerprint density at radius 1 is 1.14 bits per heavy atom. The molecule has 3 rings (SSSR count). The lowest BCUT2D eigenvalue weighted by molar-refractivity contribution is 0.241. The summed E-state index contributed by atoms with van der Waals surface area (Å²) in [5.74, 6) is 0.827. The number of nitrogens with one attached hydrogen (secondary N) is 1. The Morgan fingerprint density at radius 2 is 1.86 bits per heavy atom. The van der Waals surface area contributed by atoms with Gasteiger partial charge in [-0.3, -0.25) is 5.43 Å². The molecule has 0 saturated heterocycles. The summed E-state index contributed by atoms with van der Waals surface area (Å²) in [6.07, 6.45) is 1.91. The summed E-state index contributed by atoms with van der Waals surface area (Å²) >= 11 is 5.09. The maximum absolute atomic E-state index is 5.73. The van der Waals surface area contributed by atoms with Gasteiger partial charge >= 0.3 is 0 Å². The van der Waals surface area contributed by atoms with Crippen LogP contribution in [0.3, 0.4) is 0 Å². The van der Waals surface area contributed by atoms with Gasteiger partial charge in [0.15, 0.2) is 0 Å². The minimum absolute atomic E-state index is 0.136. The minimum atomic E-state index is 0.136. The zero-order valence-corrected chi connectivity index (χ0v) is 19.1. The summed E-state index contributed by atoms with van der Waals surface area (Å²) in [4.78, 5) is 4.69. The van der Waals surface area contributed by atoms with Crippen LogP contribution in [0.5, 0.6) is 5.75 Å². The highest BCUT2D eigenvalue weighted by atomic mass is 79.9. The van der Waals surface area contributed by atoms with Crippen molar-refractivity contribution in [3.05, 3.63) is 62.4 Å². The van der Waals surface area contributed by atoms with Gasteiger partial charge in [-0.1, -0.05) is 17.7 Å². The molecule has 0 fully saturated rings. The zero-order chi connectivity index (χ0) is 20.3. The predicted molar refractivity (Wildman–Crippen MR) is 123 cm³/mol. The average molecular weight is 458 g/mol. The molecule has 6 heteroatoms. The molecule has 0 saturated carbocycles. The SMILES string of the molecule is Cc1cc(C)c(-c2csc(N/N=C\c3ccc(OC(C)C)c(Br)c3)n2)c(C)c1. The molecule has 0 aliphatic carbocycles. The van der Waals surface area contributed by atoms with E-state index in [2.05, 4.69) is 64.7 Å². The molecule has 0 unspecified atom stereocenters. The van der Waals surface area contributed by atoms with Gasteiger partial charge in [0.2, 0.25) is 5.13 Å². The Kier molecular flexibility index (Phi) is 6.52. The van der Waals surface area contributed by atoms with Crippen molar-refractivity contribution >= 4 is 38.6 Å². The summed E-state index contributed by atoms with van der Waals surface area (Å²) in [6, 6.07) is 10.3. The van der Waals surface area contributed by atoms with E-state index < -0.39 is 0 Å². The number of ether oxygens (including phenoxy) is 1. The normalized spacial score (nSPS) is 11.4. The number of anilines is 1. The number of aromatic nitrogens is 1. The molecule has 0 aliphatic heterocycles. The van der Waals surface area contributed by atoms with Crippen LogP contribution in [0.1, 0.15) is 36.1 Å². The first kappa shape index (κ1) is 20.6. The quantitative estimate of drug-likeness (QED) is 0.329. The molecule has 0 bridgehead atoms. The Morgan fingerprint density at radius 3 is 2.50 bits per heavy atom. The predicted octanol–water partition coefficient (Wildman–Crippen LogP) is 6.73. The standard InChI is InChI=1S/C22H24BrN3OS/c1-13(2)27-20-7-6-17(10-18(20)23)11-24-26-22-25-19(12-28-22)21-15(4)8-14(3)9-16(21)5/h6-13H,1-5H3,(H,25,26)/b24-11-. The van der Waals surface area contributed by atoms with Gasteiger partial charge in [-0.05, 0) is 85.4 Å². The van der Waals surface area contributed by atoms with Crippen molar-refractivity contribution in [2.24, 2.45) is 5.10 Å². The van der Waals surface area contributed by atoms with Crippen LogP contribution >= 0.6 is 27.3 Å². The molecule has 0 radical (unpaired) electrons. The van der Waals surface area contributed by atoms with E-state index >= 15 is 0 Å². The van der Waals surface area contributed by atoms with Crippen molar-refractivity contribution in [3.8, 4) is 17.0 Å². The van der Waals surface area contributed by atoms with Crippen LogP contribution < -0.4 is 10.2 Å². The number of nitrogens with zero attached hydrogens (tertiary/aromatic N) is 2. The number of rotatable bonds is 6. The number of benzene rings is 2. The van der Waals surface area contributed by atoms with Gasteiger partial charge in [-0.25, -0.2) is 4.98 Å². The van der Waals surface area contributed by atoms with E-state index in [1.54, 1.807) is 17.6 Å². The molecular formula is C22H24BrN3OS. The Hall–Kier alpha value is -2.18. The van der Waals surface area contributed by atoms with E-state index in [9.17, 15) is 0 Å². The fourth-order valence-electron chi connectivity index (χ4n) is 3.13. The van der Waals surface area contributed by atoms with Crippen LogP contribution in [0.15, 0.2) is 45.3 Å². The fraction of sp³-hybridized carbons (Fsp3) is 0.273. The topological polar surface area (TPSA) is 46.5 Å². The molecule has 0 atom stereocenters. The van der Waals surface area contributed by atoms with E-state index in [1.165, 1.54) is 22.3 Å². The molecule has 1 N–H and O–H groups in total. The second-order valence-corrected chi connectivity index (χ2v) is 8.75. The lowest BCUT2D eigenvalue weighted by atomic mass is 9.98. The van der Waals surface area contributed by atoms with Gasteiger partial charge in [-0.15, -0.1) is 11.3 Å². The number of halogens is 1. The smallest absolute Gasteiger partial charge is 0.203 e. The second-order valence-electron chi connectivity index (χ2n) is 7.04. The lowest BCUT2D eigenvalue weighted by Crippen LogP contribution is -2.06. The number of hydrogen-bond donors (Lipinski definition) is 1. The third kappa shape index (κ3) is 5.00. The highest BCUT2D eigenvalue weighted by molar-refractivity contribution is 9.10. The van der Waals surface area contributed by atoms with Crippen molar-refractivity contribution in [1.29, 1.82) is 0 Å². The van der Waals surface area contributed by atoms with Gasteiger partial charge in [0.1, 0.15) is 5.75 Å². The number of hydrogen-bond acceptors (Lipinski definition) is 5. The molecule has 4 nitrogen and oxygen atoms in total. The molecule has 28 heavy (non-hydrogen) atoms. The van der Waals surface area contributed by atoms with E-state index in [1.807, 2.05) is 32.0 Å². The third-order valence-corrected chi connectivity index (χ3v) is 5.50. The largest absolute Gasteiger partial charge is 0.490 e. The fourth-order valence-corrected chi connectivity index (χ4v) is 4.27. The van der Waals surface area contributed by atoms with Gasteiger partial charge in [0.25, 0.3) is 0 Å². The molecule has 0 spiro atoms. The summed E-state index contributed by atoms with van der Waals surface area (Å²) in [5.41, 5.74) is 9.94. The van der Waals surface area contributed by atoms with Crippen LogP contribution in [0, 0.1) is 20.8 Å². The Balaban J connectivity index is 1.70. The lowest BCUT2D eigenvalue weighted by Gasteiger charge is -2.11.